The van der Waals surface area contributed by atoms with Crippen LogP contribution in [-0.2, 0) is 0 Å². The van der Waals surface area contributed by atoms with Crippen LogP contribution in [0, 0.1) is 0 Å². The first-order valence-electron chi connectivity index (χ1n) is 8.89. The third kappa shape index (κ3) is 7.85. The Labute approximate surface area is 198 Å². The molecular weight excluding hydrogens is 425 g/mol. The Bertz CT molecular complexity index is 598. The van der Waals surface area contributed by atoms with Gasteiger partial charge in [-0.2, -0.15) is 54.0 Å². The molecule has 2 aromatic carbocycles. The van der Waals surface area contributed by atoms with E-state index in [9.17, 15) is 4.79 Å². The van der Waals surface area contributed by atoms with Gasteiger partial charge in [-0.3, -0.25) is 4.79 Å². The van der Waals surface area contributed by atoms with Crippen LogP contribution in [0.3, 0.4) is 0 Å². The molecule has 3 nitrogen and oxygen atoms in total. The van der Waals surface area contributed by atoms with Gasteiger partial charge in [0.1, 0.15) is 0 Å². The number of hydrogen-bond acceptors (Lipinski definition) is 3. The van der Waals surface area contributed by atoms with Gasteiger partial charge >= 0.3 is 0 Å². The number of nitrogens with zero attached hydrogens (tertiary/aromatic N) is 2. The molecule has 0 saturated carbocycles. The van der Waals surface area contributed by atoms with Crippen molar-refractivity contribution in [3.05, 3.63) is 59.7 Å². The summed E-state index contributed by atoms with van der Waals surface area (Å²) < 4.78 is 0. The molecule has 0 saturated heterocycles. The highest BCUT2D eigenvalue weighted by Gasteiger charge is 2.11. The average Bonchev–Trinajstić information content (AvgIpc) is 2.64. The summed E-state index contributed by atoms with van der Waals surface area (Å²) >= 11 is 0. The molecule has 0 heterocycles. The van der Waals surface area contributed by atoms with E-state index >= 15 is 0 Å². The maximum Gasteiger partial charge on any atom is 0.193 e. The van der Waals surface area contributed by atoms with Crippen molar-refractivity contribution in [3.63, 3.8) is 0 Å². The molecule has 2 aromatic rings. The van der Waals surface area contributed by atoms with Gasteiger partial charge in [0, 0.05) is 48.7 Å². The normalized spacial score (nSPS) is 9.00. The number of benzene rings is 2. The van der Waals surface area contributed by atoms with Crippen LogP contribution >= 0.6 is 54.0 Å². The van der Waals surface area contributed by atoms with Crippen LogP contribution in [0.1, 0.15) is 43.6 Å². The molecule has 0 N–H and O–H groups in total. The van der Waals surface area contributed by atoms with Gasteiger partial charge in [0.25, 0.3) is 0 Å². The van der Waals surface area contributed by atoms with Gasteiger partial charge < -0.3 is 9.80 Å². The maximum absolute atomic E-state index is 12.7. The number of carbonyl (C=O) groups is 1. The number of anilines is 2. The van der Waals surface area contributed by atoms with Gasteiger partial charge in [0.15, 0.2) is 5.78 Å². The SMILES string of the molecule is CCN(CC)c1ccc(C(=O)c2ccc(N(CC)CC)cc2)cc1.S.S.S.S. The van der Waals surface area contributed by atoms with Crippen LogP contribution in [0.5, 0.6) is 0 Å². The topological polar surface area (TPSA) is 23.6 Å². The third-order valence-electron chi connectivity index (χ3n) is 4.52. The van der Waals surface area contributed by atoms with Gasteiger partial charge in [-0.05, 0) is 76.2 Å². The van der Waals surface area contributed by atoms with Crippen molar-refractivity contribution in [1.29, 1.82) is 0 Å². The second-order valence-corrected chi connectivity index (χ2v) is 5.77. The molecule has 0 aliphatic rings. The lowest BCUT2D eigenvalue weighted by Gasteiger charge is -2.21. The first kappa shape index (κ1) is 31.8. The lowest BCUT2D eigenvalue weighted by Crippen LogP contribution is -2.22. The van der Waals surface area contributed by atoms with Crippen molar-refractivity contribution >= 4 is 71.1 Å². The molecule has 0 radical (unpaired) electrons. The summed E-state index contributed by atoms with van der Waals surface area (Å²) in [6.07, 6.45) is 0. The van der Waals surface area contributed by atoms with Gasteiger partial charge in [-0.25, -0.2) is 0 Å². The van der Waals surface area contributed by atoms with Crippen LogP contribution in [0.4, 0.5) is 11.4 Å². The van der Waals surface area contributed by atoms with Crippen LogP contribution in [-0.4, -0.2) is 32.0 Å². The zero-order valence-electron chi connectivity index (χ0n) is 17.2. The second kappa shape index (κ2) is 16.0. The maximum atomic E-state index is 12.7. The Morgan fingerprint density at radius 1 is 0.571 bits per heavy atom. The Morgan fingerprint density at radius 2 is 0.821 bits per heavy atom. The lowest BCUT2D eigenvalue weighted by atomic mass is 10.0. The second-order valence-electron chi connectivity index (χ2n) is 5.77. The molecule has 0 aliphatic carbocycles. The molecule has 7 heteroatoms. The highest BCUT2D eigenvalue weighted by atomic mass is 32.1. The smallest absolute Gasteiger partial charge is 0.193 e. The zero-order chi connectivity index (χ0) is 17.5. The minimum Gasteiger partial charge on any atom is -0.372 e. The molecule has 160 valence electrons. The molecule has 0 unspecified atom stereocenters. The summed E-state index contributed by atoms with van der Waals surface area (Å²) in [7, 11) is 0. The summed E-state index contributed by atoms with van der Waals surface area (Å²) in [4.78, 5) is 17.2. The Hall–Kier alpha value is -0.890. The van der Waals surface area contributed by atoms with Crippen molar-refractivity contribution < 1.29 is 4.79 Å². The minimum absolute atomic E-state index is 0. The molecular formula is C21H36N2OS4. The summed E-state index contributed by atoms with van der Waals surface area (Å²) in [5, 5.41) is 0. The quantitative estimate of drug-likeness (QED) is 0.514. The first-order valence-corrected chi connectivity index (χ1v) is 8.89. The lowest BCUT2D eigenvalue weighted by molar-refractivity contribution is 0.103. The minimum atomic E-state index is 0. The van der Waals surface area contributed by atoms with Crippen LogP contribution in [0.2, 0.25) is 0 Å². The fourth-order valence-corrected chi connectivity index (χ4v) is 2.99. The number of carbonyl (C=O) groups excluding carboxylic acids is 1. The van der Waals surface area contributed by atoms with Gasteiger partial charge in [0.05, 0.1) is 0 Å². The highest BCUT2D eigenvalue weighted by Crippen LogP contribution is 2.19. The summed E-state index contributed by atoms with van der Waals surface area (Å²) in [6.45, 7) is 12.4. The van der Waals surface area contributed by atoms with E-state index in [1.807, 2.05) is 48.5 Å². The first-order chi connectivity index (χ1) is 11.6. The zero-order valence-corrected chi connectivity index (χ0v) is 21.2. The van der Waals surface area contributed by atoms with Crippen LogP contribution in [0.15, 0.2) is 48.5 Å². The summed E-state index contributed by atoms with van der Waals surface area (Å²) in [5.41, 5.74) is 3.80. The number of rotatable bonds is 8. The van der Waals surface area contributed by atoms with E-state index in [4.69, 9.17) is 0 Å². The van der Waals surface area contributed by atoms with Crippen molar-refractivity contribution in [3.8, 4) is 0 Å². The van der Waals surface area contributed by atoms with Crippen molar-refractivity contribution in [2.75, 3.05) is 36.0 Å². The van der Waals surface area contributed by atoms with E-state index < -0.39 is 0 Å². The summed E-state index contributed by atoms with van der Waals surface area (Å²) in [6, 6.07) is 15.8. The van der Waals surface area contributed by atoms with Gasteiger partial charge in [0.2, 0.25) is 0 Å². The molecule has 0 spiro atoms. The van der Waals surface area contributed by atoms with Crippen LogP contribution in [0.25, 0.3) is 0 Å². The average molecular weight is 461 g/mol. The van der Waals surface area contributed by atoms with E-state index in [0.717, 1.165) is 48.7 Å². The van der Waals surface area contributed by atoms with E-state index in [1.54, 1.807) is 0 Å². The number of ketones is 1. The Balaban J connectivity index is -0.00000156. The highest BCUT2D eigenvalue weighted by molar-refractivity contribution is 7.59. The monoisotopic (exact) mass is 460 g/mol. The largest absolute Gasteiger partial charge is 0.372 e. The van der Waals surface area contributed by atoms with Crippen molar-refractivity contribution in [2.45, 2.75) is 27.7 Å². The molecule has 28 heavy (non-hydrogen) atoms. The fourth-order valence-electron chi connectivity index (χ4n) is 2.99. The summed E-state index contributed by atoms with van der Waals surface area (Å²) in [5.74, 6) is 0.0761. The van der Waals surface area contributed by atoms with Crippen molar-refractivity contribution in [2.24, 2.45) is 0 Å². The standard InChI is InChI=1S/C21H28N2O.4H2S/c1-5-22(6-2)19-13-9-17(10-14-19)21(24)18-11-15-20(16-12-18)23(7-3)8-4;;;;/h9-16H,5-8H2,1-4H3;4*1H2. The molecule has 0 aliphatic heterocycles. The molecule has 0 amide bonds. The Morgan fingerprint density at radius 3 is 1.04 bits per heavy atom. The van der Waals surface area contributed by atoms with E-state index in [0.29, 0.717) is 0 Å². The van der Waals surface area contributed by atoms with Crippen molar-refractivity contribution in [1.82, 2.24) is 0 Å². The predicted octanol–water partition coefficient (Wildman–Crippen LogP) is 5.06. The number of hydrogen-bond donors (Lipinski definition) is 0. The van der Waals surface area contributed by atoms with E-state index in [1.165, 1.54) is 0 Å². The van der Waals surface area contributed by atoms with Crippen LogP contribution < -0.4 is 9.80 Å². The molecule has 0 fully saturated rings. The molecule has 0 atom stereocenters. The van der Waals surface area contributed by atoms with Gasteiger partial charge in [-0.15, -0.1) is 0 Å². The molecule has 2 rings (SSSR count). The molecule has 0 aromatic heterocycles. The van der Waals surface area contributed by atoms with E-state index in [-0.39, 0.29) is 59.8 Å². The van der Waals surface area contributed by atoms with Gasteiger partial charge in [-0.1, -0.05) is 0 Å². The third-order valence-corrected chi connectivity index (χ3v) is 4.52. The van der Waals surface area contributed by atoms with E-state index in [2.05, 4.69) is 37.5 Å². The molecule has 0 bridgehead atoms. The Kier molecular flexibility index (Phi) is 18.1. The predicted molar refractivity (Wildman–Crippen MR) is 145 cm³/mol. The fraction of sp³-hybridized carbons (Fsp3) is 0.381.